The van der Waals surface area contributed by atoms with Crippen molar-refractivity contribution in [2.75, 3.05) is 17.2 Å². The zero-order valence-corrected chi connectivity index (χ0v) is 19.1. The number of nitrogens with two attached hydrogens (primary N) is 1. The molecule has 5 N–H and O–H groups in total. The second-order valence-corrected chi connectivity index (χ2v) is 7.71. The molecule has 1 aliphatic heterocycles. The van der Waals surface area contributed by atoms with E-state index in [2.05, 4.69) is 25.9 Å². The van der Waals surface area contributed by atoms with Gasteiger partial charge in [0.25, 0.3) is 5.91 Å². The van der Waals surface area contributed by atoms with Crippen molar-refractivity contribution in [2.24, 2.45) is 15.7 Å². The highest BCUT2D eigenvalue weighted by Gasteiger charge is 2.28. The van der Waals surface area contributed by atoms with E-state index in [-0.39, 0.29) is 18.3 Å². The van der Waals surface area contributed by atoms with E-state index in [0.717, 1.165) is 24.1 Å². The first kappa shape index (κ1) is 24.4. The summed E-state index contributed by atoms with van der Waals surface area (Å²) in [5.41, 5.74) is 8.56. The Morgan fingerprint density at radius 3 is 2.59 bits per heavy atom. The van der Waals surface area contributed by atoms with Crippen LogP contribution in [-0.2, 0) is 14.3 Å². The van der Waals surface area contributed by atoms with Crippen molar-refractivity contribution in [3.63, 3.8) is 0 Å². The summed E-state index contributed by atoms with van der Waals surface area (Å²) in [5.74, 6) is -1.16. The molecule has 0 aliphatic carbocycles. The fourth-order valence-electron chi connectivity index (χ4n) is 3.09. The average molecular weight is 465 g/mol. The van der Waals surface area contributed by atoms with E-state index in [1.54, 1.807) is 24.3 Å². The Morgan fingerprint density at radius 1 is 1.15 bits per heavy atom. The standard InChI is InChI=1S/C24H28N6O4/c1-3-4-13-34-22(33)16-9-11-17(12-10-16)26-20(31)14-19-21(32)29-24(28-19)30-23(25)27-18-8-6-5-7-15(18)2/h5-12,19H,3-4,13-14H2,1-2H3,(H,26,31)(H4,25,27,28,29,30,32). The summed E-state index contributed by atoms with van der Waals surface area (Å²) >= 11 is 0. The molecule has 34 heavy (non-hydrogen) atoms. The first-order chi connectivity index (χ1) is 16.4. The molecule has 1 unspecified atom stereocenters. The Labute approximate surface area is 197 Å². The largest absolute Gasteiger partial charge is 0.462 e. The number of unbranched alkanes of at least 4 members (excludes halogenated alkanes) is 1. The molecule has 0 saturated heterocycles. The molecular weight excluding hydrogens is 436 g/mol. The fraction of sp³-hybridized carbons (Fsp3) is 0.292. The smallest absolute Gasteiger partial charge is 0.338 e. The Hall–Kier alpha value is -4.21. The summed E-state index contributed by atoms with van der Waals surface area (Å²) < 4.78 is 5.16. The lowest BCUT2D eigenvalue weighted by molar-refractivity contribution is -0.123. The lowest BCUT2D eigenvalue weighted by Gasteiger charge is -2.08. The van der Waals surface area contributed by atoms with Crippen LogP contribution < -0.4 is 21.7 Å². The molecule has 1 heterocycles. The lowest BCUT2D eigenvalue weighted by Crippen LogP contribution is -2.32. The van der Waals surface area contributed by atoms with Gasteiger partial charge in [-0.15, -0.1) is 0 Å². The van der Waals surface area contributed by atoms with Gasteiger partial charge in [0.1, 0.15) is 6.04 Å². The number of hydrogen-bond acceptors (Lipinski definition) is 6. The number of aliphatic imine (C=N–C) groups is 2. The van der Waals surface area contributed by atoms with Crippen LogP contribution in [-0.4, -0.2) is 42.4 Å². The zero-order chi connectivity index (χ0) is 24.5. The van der Waals surface area contributed by atoms with Gasteiger partial charge in [-0.1, -0.05) is 31.5 Å². The summed E-state index contributed by atoms with van der Waals surface area (Å²) in [4.78, 5) is 44.8. The molecule has 1 aliphatic rings. The van der Waals surface area contributed by atoms with Gasteiger partial charge in [0.2, 0.25) is 17.8 Å². The summed E-state index contributed by atoms with van der Waals surface area (Å²) in [7, 11) is 0. The quantitative estimate of drug-likeness (QED) is 0.204. The third-order valence-electron chi connectivity index (χ3n) is 4.96. The Balaban J connectivity index is 1.54. The summed E-state index contributed by atoms with van der Waals surface area (Å²) in [6.07, 6.45) is 1.57. The summed E-state index contributed by atoms with van der Waals surface area (Å²) in [6.45, 7) is 4.31. The topological polar surface area (TPSA) is 147 Å². The first-order valence-corrected chi connectivity index (χ1v) is 11.0. The number of rotatable bonds is 8. The summed E-state index contributed by atoms with van der Waals surface area (Å²) in [5, 5.41) is 8.16. The van der Waals surface area contributed by atoms with Crippen molar-refractivity contribution in [1.29, 1.82) is 0 Å². The predicted molar refractivity (Wildman–Crippen MR) is 131 cm³/mol. The second kappa shape index (κ2) is 11.6. The third-order valence-corrected chi connectivity index (χ3v) is 4.96. The van der Waals surface area contributed by atoms with E-state index in [4.69, 9.17) is 10.5 Å². The molecule has 2 aromatic carbocycles. The van der Waals surface area contributed by atoms with Crippen LogP contribution in [0.25, 0.3) is 0 Å². The van der Waals surface area contributed by atoms with Crippen LogP contribution in [0, 0.1) is 6.92 Å². The molecule has 0 fully saturated rings. The molecule has 178 valence electrons. The maximum absolute atomic E-state index is 12.4. The van der Waals surface area contributed by atoms with Crippen molar-refractivity contribution < 1.29 is 19.1 Å². The molecule has 3 rings (SSSR count). The SMILES string of the molecule is CCCCOC(=O)c1ccc(NC(=O)CC2N=C(/N=C(\N)Nc3ccccc3C)NC2=O)cc1. The second-order valence-electron chi connectivity index (χ2n) is 7.71. The molecule has 10 nitrogen and oxygen atoms in total. The number of para-hydroxylation sites is 1. The zero-order valence-electron chi connectivity index (χ0n) is 19.1. The molecule has 0 radical (unpaired) electrons. The van der Waals surface area contributed by atoms with E-state index in [1.165, 1.54) is 0 Å². The number of aryl methyl sites for hydroxylation is 1. The van der Waals surface area contributed by atoms with Crippen molar-refractivity contribution in [3.05, 3.63) is 59.7 Å². The van der Waals surface area contributed by atoms with Gasteiger partial charge >= 0.3 is 5.97 Å². The first-order valence-electron chi connectivity index (χ1n) is 11.0. The number of carbonyl (C=O) groups excluding carboxylic acids is 3. The number of nitrogens with one attached hydrogen (secondary N) is 3. The molecular formula is C24H28N6O4. The van der Waals surface area contributed by atoms with Crippen molar-refractivity contribution >= 4 is 41.1 Å². The van der Waals surface area contributed by atoms with E-state index in [9.17, 15) is 14.4 Å². The van der Waals surface area contributed by atoms with Crippen molar-refractivity contribution in [2.45, 2.75) is 39.2 Å². The van der Waals surface area contributed by atoms with E-state index in [1.807, 2.05) is 38.1 Å². The molecule has 0 aromatic heterocycles. The molecule has 0 saturated carbocycles. The minimum atomic E-state index is -0.919. The van der Waals surface area contributed by atoms with E-state index >= 15 is 0 Å². The molecule has 2 amide bonds. The van der Waals surface area contributed by atoms with E-state index in [0.29, 0.717) is 17.9 Å². The third kappa shape index (κ3) is 6.89. The maximum atomic E-state index is 12.4. The number of guanidine groups is 2. The summed E-state index contributed by atoms with van der Waals surface area (Å²) in [6, 6.07) is 13.0. The minimum absolute atomic E-state index is 0.0346. The van der Waals surface area contributed by atoms with Crippen LogP contribution in [0.2, 0.25) is 0 Å². The highest BCUT2D eigenvalue weighted by Crippen LogP contribution is 2.14. The molecule has 1 atom stereocenters. The number of carbonyl (C=O) groups is 3. The fourth-order valence-corrected chi connectivity index (χ4v) is 3.09. The Morgan fingerprint density at radius 2 is 1.88 bits per heavy atom. The average Bonchev–Trinajstić information content (AvgIpc) is 3.14. The lowest BCUT2D eigenvalue weighted by atomic mass is 10.2. The van der Waals surface area contributed by atoms with Gasteiger partial charge in [-0.25, -0.2) is 9.79 Å². The molecule has 2 aromatic rings. The molecule has 10 heteroatoms. The Kier molecular flexibility index (Phi) is 8.33. The van der Waals surface area contributed by atoms with Gasteiger partial charge in [0.15, 0.2) is 0 Å². The number of benzene rings is 2. The number of anilines is 2. The van der Waals surface area contributed by atoms with E-state index < -0.39 is 23.8 Å². The van der Waals surface area contributed by atoms with Gasteiger partial charge in [-0.3, -0.25) is 14.9 Å². The highest BCUT2D eigenvalue weighted by atomic mass is 16.5. The van der Waals surface area contributed by atoms with Gasteiger partial charge in [0.05, 0.1) is 18.6 Å². The van der Waals surface area contributed by atoms with Gasteiger partial charge in [0, 0.05) is 11.4 Å². The van der Waals surface area contributed by atoms with Gasteiger partial charge in [-0.2, -0.15) is 4.99 Å². The minimum Gasteiger partial charge on any atom is -0.462 e. The Bertz CT molecular complexity index is 1110. The number of ether oxygens (including phenoxy) is 1. The van der Waals surface area contributed by atoms with Crippen LogP contribution in [0.15, 0.2) is 58.5 Å². The van der Waals surface area contributed by atoms with Crippen LogP contribution in [0.5, 0.6) is 0 Å². The van der Waals surface area contributed by atoms with Crippen molar-refractivity contribution in [1.82, 2.24) is 5.32 Å². The highest BCUT2D eigenvalue weighted by molar-refractivity contribution is 6.11. The number of nitrogens with zero attached hydrogens (tertiary/aromatic N) is 2. The van der Waals surface area contributed by atoms with Crippen LogP contribution >= 0.6 is 0 Å². The monoisotopic (exact) mass is 464 g/mol. The molecule has 0 spiro atoms. The number of hydrogen-bond donors (Lipinski definition) is 4. The van der Waals surface area contributed by atoms with Crippen LogP contribution in [0.4, 0.5) is 11.4 Å². The number of amides is 2. The number of esters is 1. The van der Waals surface area contributed by atoms with Gasteiger partial charge < -0.3 is 21.1 Å². The van der Waals surface area contributed by atoms with Crippen molar-refractivity contribution in [3.8, 4) is 0 Å². The predicted octanol–water partition coefficient (Wildman–Crippen LogP) is 2.56. The maximum Gasteiger partial charge on any atom is 0.338 e. The van der Waals surface area contributed by atoms with Crippen LogP contribution in [0.3, 0.4) is 0 Å². The molecule has 0 bridgehead atoms. The van der Waals surface area contributed by atoms with Crippen LogP contribution in [0.1, 0.15) is 42.1 Å². The normalized spacial score (nSPS) is 15.4. The van der Waals surface area contributed by atoms with Gasteiger partial charge in [-0.05, 0) is 49.2 Å².